The van der Waals surface area contributed by atoms with Crippen LogP contribution in [0.2, 0.25) is 0 Å². The van der Waals surface area contributed by atoms with Crippen molar-refractivity contribution < 1.29 is 51.6 Å². The molecule has 3 aliphatic rings. The topological polar surface area (TPSA) is 183 Å². The summed E-state index contributed by atoms with van der Waals surface area (Å²) < 4.78 is 61.3. The molecule has 3 heterocycles. The van der Waals surface area contributed by atoms with Gasteiger partial charge >= 0.3 is 24.2 Å². The van der Waals surface area contributed by atoms with E-state index in [0.29, 0.717) is 18.7 Å². The Labute approximate surface area is 316 Å². The Morgan fingerprint density at radius 3 is 2.27 bits per heavy atom. The molecular formula is C38H47F3N6O8. The number of rotatable bonds is 6. The molecule has 1 aromatic heterocycles. The number of hydrogen-bond acceptors (Lipinski definition) is 12. The molecule has 298 valence electrons. The van der Waals surface area contributed by atoms with Gasteiger partial charge in [0, 0.05) is 24.2 Å². The van der Waals surface area contributed by atoms with Crippen molar-refractivity contribution >= 4 is 35.4 Å². The SMILES string of the molecule is CC(C)(C)OC(=O)NC1(C(=O)O)CCC(C(=O)c2ccc3cc2OCCCCCCCCOc2ccc(cc2)CNc2nc(nc(OCC(F)(F)F)n2)N3)C1. The number of anilines is 3. The molecule has 2 aromatic carbocycles. The van der Waals surface area contributed by atoms with Gasteiger partial charge in [0.15, 0.2) is 12.4 Å². The van der Waals surface area contributed by atoms with Gasteiger partial charge in [0.2, 0.25) is 11.9 Å². The number of halogens is 3. The van der Waals surface area contributed by atoms with Crippen LogP contribution in [0.4, 0.5) is 35.5 Å². The Kier molecular flexibility index (Phi) is 13.3. The van der Waals surface area contributed by atoms with Crippen molar-refractivity contribution in [3.05, 3.63) is 53.6 Å². The van der Waals surface area contributed by atoms with Gasteiger partial charge < -0.3 is 40.0 Å². The van der Waals surface area contributed by atoms with Crippen LogP contribution in [-0.4, -0.2) is 75.0 Å². The van der Waals surface area contributed by atoms with Crippen molar-refractivity contribution in [2.75, 3.05) is 30.5 Å². The number of nitrogens with one attached hydrogen (secondary N) is 3. The monoisotopic (exact) mass is 772 g/mol. The Morgan fingerprint density at radius 2 is 1.60 bits per heavy atom. The first-order chi connectivity index (χ1) is 26.1. The van der Waals surface area contributed by atoms with E-state index < -0.39 is 47.9 Å². The minimum atomic E-state index is -4.64. The summed E-state index contributed by atoms with van der Waals surface area (Å²) in [6, 6.07) is 11.4. The number of fused-ring (bicyclic) bond motifs is 12. The fourth-order valence-corrected chi connectivity index (χ4v) is 6.27. The zero-order valence-electron chi connectivity index (χ0n) is 31.1. The molecule has 14 nitrogen and oxygen atoms in total. The number of alkyl carbamates (subject to hydrolysis) is 1. The van der Waals surface area contributed by atoms with E-state index in [1.807, 2.05) is 24.3 Å². The number of aliphatic carboxylic acids is 1. The van der Waals surface area contributed by atoms with E-state index in [0.717, 1.165) is 43.4 Å². The Morgan fingerprint density at radius 1 is 0.927 bits per heavy atom. The van der Waals surface area contributed by atoms with Crippen molar-refractivity contribution in [2.24, 2.45) is 5.92 Å². The minimum absolute atomic E-state index is 0.0136. The number of ether oxygens (including phenoxy) is 4. The maximum atomic E-state index is 14.0. The van der Waals surface area contributed by atoms with Crippen LogP contribution in [0.3, 0.4) is 0 Å². The van der Waals surface area contributed by atoms with Crippen LogP contribution >= 0.6 is 0 Å². The number of benzene rings is 2. The molecule has 2 atom stereocenters. The second-order valence-electron chi connectivity index (χ2n) is 14.6. The number of carbonyl (C=O) groups excluding carboxylic acids is 2. The third-order valence-electron chi connectivity index (χ3n) is 8.96. The first-order valence-electron chi connectivity index (χ1n) is 18.3. The van der Waals surface area contributed by atoms with Gasteiger partial charge in [-0.3, -0.25) is 4.79 Å². The minimum Gasteiger partial charge on any atom is -0.494 e. The number of carboxylic acid groups (broad SMARTS) is 1. The van der Waals surface area contributed by atoms with Gasteiger partial charge in [-0.15, -0.1) is 0 Å². The van der Waals surface area contributed by atoms with Crippen molar-refractivity contribution in [1.82, 2.24) is 20.3 Å². The Balaban J connectivity index is 1.41. The second kappa shape index (κ2) is 17.9. The number of amides is 1. The summed E-state index contributed by atoms with van der Waals surface area (Å²) in [6.07, 6.45) is -0.0231. The van der Waals surface area contributed by atoms with E-state index in [1.54, 1.807) is 32.9 Å². The molecule has 0 radical (unpaired) electrons. The van der Waals surface area contributed by atoms with Crippen molar-refractivity contribution in [1.29, 1.82) is 0 Å². The van der Waals surface area contributed by atoms with Crippen molar-refractivity contribution in [3.8, 4) is 17.5 Å². The Bertz CT molecular complexity index is 1800. The highest BCUT2D eigenvalue weighted by Gasteiger charge is 2.49. The smallest absolute Gasteiger partial charge is 0.422 e. The first kappa shape index (κ1) is 40.8. The summed E-state index contributed by atoms with van der Waals surface area (Å²) in [5.41, 5.74) is -1.17. The predicted octanol–water partition coefficient (Wildman–Crippen LogP) is 7.61. The third kappa shape index (κ3) is 12.3. The van der Waals surface area contributed by atoms with E-state index in [-0.39, 0.29) is 61.4 Å². The molecule has 1 fully saturated rings. The summed E-state index contributed by atoms with van der Waals surface area (Å²) in [5.74, 6) is -1.65. The van der Waals surface area contributed by atoms with Crippen LogP contribution in [0.1, 0.15) is 94.5 Å². The summed E-state index contributed by atoms with van der Waals surface area (Å²) in [7, 11) is 0. The van der Waals surface area contributed by atoms with E-state index in [1.165, 1.54) is 6.07 Å². The number of hydrogen-bond donors (Lipinski definition) is 4. The highest BCUT2D eigenvalue weighted by molar-refractivity contribution is 6.02. The third-order valence-corrected chi connectivity index (χ3v) is 8.96. The molecule has 2 unspecified atom stereocenters. The molecule has 6 rings (SSSR count). The number of aromatic nitrogens is 3. The number of carboxylic acids is 1. The van der Waals surface area contributed by atoms with Crippen LogP contribution in [-0.2, 0) is 16.1 Å². The lowest BCUT2D eigenvalue weighted by Crippen LogP contribution is -2.54. The average molecular weight is 773 g/mol. The Hall–Kier alpha value is -5.35. The highest BCUT2D eigenvalue weighted by atomic mass is 19.4. The molecule has 0 saturated heterocycles. The van der Waals surface area contributed by atoms with Gasteiger partial charge in [0.1, 0.15) is 22.6 Å². The van der Waals surface area contributed by atoms with Gasteiger partial charge in [-0.25, -0.2) is 9.59 Å². The molecule has 1 saturated carbocycles. The molecule has 1 aliphatic carbocycles. The van der Waals surface area contributed by atoms with Crippen LogP contribution in [0, 0.1) is 5.92 Å². The molecule has 1 amide bonds. The maximum Gasteiger partial charge on any atom is 0.422 e. The van der Waals surface area contributed by atoms with E-state index in [4.69, 9.17) is 18.9 Å². The van der Waals surface area contributed by atoms with E-state index in [9.17, 15) is 32.7 Å². The van der Waals surface area contributed by atoms with Gasteiger partial charge in [-0.1, -0.05) is 37.8 Å². The predicted molar refractivity (Wildman–Crippen MR) is 195 cm³/mol. The normalized spacial score (nSPS) is 19.8. The maximum absolute atomic E-state index is 14.0. The van der Waals surface area contributed by atoms with Crippen LogP contribution in [0.5, 0.6) is 17.5 Å². The molecule has 55 heavy (non-hydrogen) atoms. The van der Waals surface area contributed by atoms with Gasteiger partial charge in [-0.05, 0) is 82.7 Å². The molecule has 4 N–H and O–H groups in total. The molecule has 6 bridgehead atoms. The van der Waals surface area contributed by atoms with Crippen molar-refractivity contribution in [2.45, 2.75) is 102 Å². The molecule has 0 spiro atoms. The average Bonchev–Trinajstić information content (AvgIpc) is 3.54. The van der Waals surface area contributed by atoms with Crippen LogP contribution < -0.4 is 30.2 Å². The van der Waals surface area contributed by atoms with Crippen molar-refractivity contribution in [3.63, 3.8) is 0 Å². The quantitative estimate of drug-likeness (QED) is 0.180. The van der Waals surface area contributed by atoms with E-state index >= 15 is 0 Å². The number of Topliss-reactive ketones (excluding diaryl/α,β-unsaturated/α-hetero) is 1. The molecular weight excluding hydrogens is 725 g/mol. The highest BCUT2D eigenvalue weighted by Crippen LogP contribution is 2.39. The van der Waals surface area contributed by atoms with Gasteiger partial charge in [0.25, 0.3) is 0 Å². The summed E-state index contributed by atoms with van der Waals surface area (Å²) in [4.78, 5) is 51.5. The van der Waals surface area contributed by atoms with Gasteiger partial charge in [-0.2, -0.15) is 28.1 Å². The first-order valence-corrected chi connectivity index (χ1v) is 18.3. The number of alkyl halides is 3. The second-order valence-corrected chi connectivity index (χ2v) is 14.6. The van der Waals surface area contributed by atoms with Gasteiger partial charge in [0.05, 0.1) is 18.8 Å². The number of ketones is 1. The summed E-state index contributed by atoms with van der Waals surface area (Å²) >= 11 is 0. The van der Waals surface area contributed by atoms with E-state index in [2.05, 4.69) is 30.9 Å². The molecule has 17 heteroatoms. The lowest BCUT2D eigenvalue weighted by atomic mass is 9.91. The zero-order valence-corrected chi connectivity index (χ0v) is 31.1. The fraction of sp³-hybridized carbons (Fsp3) is 0.526. The number of nitrogens with zero attached hydrogens (tertiary/aromatic N) is 3. The fourth-order valence-electron chi connectivity index (χ4n) is 6.27. The molecule has 2 aliphatic heterocycles. The summed E-state index contributed by atoms with van der Waals surface area (Å²) in [5, 5.41) is 18.6. The molecule has 3 aromatic rings. The number of carbonyl (C=O) groups is 3. The van der Waals surface area contributed by atoms with Crippen LogP contribution in [0.25, 0.3) is 0 Å². The lowest BCUT2D eigenvalue weighted by Gasteiger charge is -2.28. The standard InChI is InChI=1S/C38H47F3N6O8/c1-36(2,3)55-35(51)47-37(31(49)50)17-16-25(21-37)30(48)28-15-12-26-20-29(28)53-19-9-7-5-4-6-8-18-52-27-13-10-24(11-14-27)22-42-32-44-33(43-26)46-34(45-32)54-23-38(39,40)41/h10-15,20,25H,4-9,16-19,21-23H2,1-3H3,(H,47,51)(H,49,50)(H2,42,43,44,45,46). The summed E-state index contributed by atoms with van der Waals surface area (Å²) in [6.45, 7) is 4.44. The van der Waals surface area contributed by atoms with Crippen LogP contribution in [0.15, 0.2) is 42.5 Å². The zero-order chi connectivity index (χ0) is 39.6. The largest absolute Gasteiger partial charge is 0.494 e. The lowest BCUT2D eigenvalue weighted by molar-refractivity contribution is -0.154.